The molecule has 2 fully saturated rings. The number of rotatable bonds is 0. The van der Waals surface area contributed by atoms with Crippen molar-refractivity contribution in [3.63, 3.8) is 0 Å². The quantitative estimate of drug-likeness (QED) is 0.443. The molecule has 1 saturated heterocycles. The molecule has 7 heavy (non-hydrogen) atoms. The zero-order chi connectivity index (χ0) is 4.69. The fraction of sp³-hybridized carbons (Fsp3) is 0.833. The van der Waals surface area contributed by atoms with Crippen LogP contribution in [0.3, 0.4) is 0 Å². The van der Waals surface area contributed by atoms with Gasteiger partial charge in [-0.05, 0) is 25.2 Å². The van der Waals surface area contributed by atoms with Crippen LogP contribution in [-0.4, -0.2) is 6.61 Å². The third-order valence-electron chi connectivity index (χ3n) is 1.87. The van der Waals surface area contributed by atoms with E-state index < -0.39 is 0 Å². The van der Waals surface area contributed by atoms with Crippen molar-refractivity contribution in [1.29, 1.82) is 0 Å². The lowest BCUT2D eigenvalue weighted by Gasteiger charge is -2.06. The predicted octanol–water partition coefficient (Wildman–Crippen LogP) is 1.35. The Morgan fingerprint density at radius 3 is 2.71 bits per heavy atom. The van der Waals surface area contributed by atoms with Crippen molar-refractivity contribution < 1.29 is 4.74 Å². The van der Waals surface area contributed by atoms with Crippen LogP contribution in [0.5, 0.6) is 0 Å². The van der Waals surface area contributed by atoms with E-state index in [9.17, 15) is 0 Å². The van der Waals surface area contributed by atoms with Gasteiger partial charge in [0.1, 0.15) is 0 Å². The Morgan fingerprint density at radius 1 is 1.57 bits per heavy atom. The Kier molecular flexibility index (Phi) is 0.680. The van der Waals surface area contributed by atoms with Gasteiger partial charge in [0.2, 0.25) is 0 Å². The number of hydrogen-bond donors (Lipinski definition) is 0. The van der Waals surface area contributed by atoms with E-state index in [1.807, 2.05) is 0 Å². The van der Waals surface area contributed by atoms with Crippen molar-refractivity contribution in [2.24, 2.45) is 5.92 Å². The minimum absolute atomic E-state index is 0.912. The molecule has 2 bridgehead atoms. The first kappa shape index (κ1) is 3.90. The van der Waals surface area contributed by atoms with Crippen LogP contribution in [0.25, 0.3) is 0 Å². The largest absolute Gasteiger partial charge is 0.372 e. The standard InChI is InChI=1S/C6H9O/c1-2-6-3-5(1)4-7-6/h5H,1-4H2. The molecule has 1 heterocycles. The molecule has 1 unspecified atom stereocenters. The Bertz CT molecular complexity index is 62.2. The lowest BCUT2D eigenvalue weighted by molar-refractivity contribution is 0.149. The zero-order valence-corrected chi connectivity index (χ0v) is 4.31. The predicted molar refractivity (Wildman–Crippen MR) is 26.5 cm³/mol. The molecule has 1 nitrogen and oxygen atoms in total. The molecule has 2 rings (SSSR count). The molecule has 39 valence electrons. The Morgan fingerprint density at radius 2 is 2.57 bits per heavy atom. The summed E-state index contributed by atoms with van der Waals surface area (Å²) in [5.41, 5.74) is 0. The summed E-state index contributed by atoms with van der Waals surface area (Å²) >= 11 is 0. The molecule has 1 atom stereocenters. The molecule has 1 radical (unpaired) electrons. The molecule has 0 N–H and O–H groups in total. The topological polar surface area (TPSA) is 9.23 Å². The van der Waals surface area contributed by atoms with E-state index in [1.165, 1.54) is 25.4 Å². The molecule has 1 aliphatic heterocycles. The maximum absolute atomic E-state index is 5.27. The Hall–Kier alpha value is -0.0400. The highest BCUT2D eigenvalue weighted by Crippen LogP contribution is 2.39. The van der Waals surface area contributed by atoms with Gasteiger partial charge in [0.05, 0.1) is 12.7 Å². The van der Waals surface area contributed by atoms with Gasteiger partial charge in [-0.3, -0.25) is 0 Å². The molecular formula is C6H9O. The van der Waals surface area contributed by atoms with Gasteiger partial charge >= 0.3 is 0 Å². The van der Waals surface area contributed by atoms with Crippen molar-refractivity contribution >= 4 is 0 Å². The Labute approximate surface area is 43.7 Å². The van der Waals surface area contributed by atoms with Gasteiger partial charge in [-0.15, -0.1) is 0 Å². The summed E-state index contributed by atoms with van der Waals surface area (Å²) in [6.07, 6.45) is 5.30. The zero-order valence-electron chi connectivity index (χ0n) is 4.31. The third kappa shape index (κ3) is 0.480. The van der Waals surface area contributed by atoms with Gasteiger partial charge in [0.15, 0.2) is 0 Å². The van der Waals surface area contributed by atoms with Crippen LogP contribution in [0.4, 0.5) is 0 Å². The molecule has 0 spiro atoms. The average molecular weight is 97.1 g/mol. The van der Waals surface area contributed by atoms with Crippen molar-refractivity contribution in [3.8, 4) is 0 Å². The number of fused-ring (bicyclic) bond motifs is 2. The summed E-state index contributed by atoms with van der Waals surface area (Å²) in [6, 6.07) is 0. The minimum Gasteiger partial charge on any atom is -0.372 e. The lowest BCUT2D eigenvalue weighted by atomic mass is 10.1. The summed E-state index contributed by atoms with van der Waals surface area (Å²) < 4.78 is 5.27. The fourth-order valence-electron chi connectivity index (χ4n) is 1.40. The van der Waals surface area contributed by atoms with Crippen LogP contribution in [0.2, 0.25) is 0 Å². The highest BCUT2D eigenvalue weighted by atomic mass is 16.5. The smallest absolute Gasteiger partial charge is 0.0974 e. The van der Waals surface area contributed by atoms with Crippen LogP contribution in [0, 0.1) is 12.0 Å². The van der Waals surface area contributed by atoms with Crippen molar-refractivity contribution in [1.82, 2.24) is 0 Å². The molecule has 0 aromatic heterocycles. The van der Waals surface area contributed by atoms with Crippen molar-refractivity contribution in [3.05, 3.63) is 6.10 Å². The van der Waals surface area contributed by atoms with Crippen LogP contribution in [-0.2, 0) is 4.74 Å². The van der Waals surface area contributed by atoms with E-state index in [2.05, 4.69) is 0 Å². The summed E-state index contributed by atoms with van der Waals surface area (Å²) in [4.78, 5) is 0. The van der Waals surface area contributed by atoms with E-state index in [-0.39, 0.29) is 0 Å². The third-order valence-corrected chi connectivity index (χ3v) is 1.87. The summed E-state index contributed by atoms with van der Waals surface area (Å²) in [6.45, 7) is 1.02. The second kappa shape index (κ2) is 1.22. The molecule has 1 aliphatic carbocycles. The molecule has 0 amide bonds. The van der Waals surface area contributed by atoms with Crippen molar-refractivity contribution in [2.75, 3.05) is 6.61 Å². The first-order valence-electron chi connectivity index (χ1n) is 2.92. The van der Waals surface area contributed by atoms with E-state index in [1.54, 1.807) is 0 Å². The monoisotopic (exact) mass is 97.1 g/mol. The summed E-state index contributed by atoms with van der Waals surface area (Å²) in [5.74, 6) is 0.912. The van der Waals surface area contributed by atoms with Gasteiger partial charge in [0, 0.05) is 0 Å². The minimum atomic E-state index is 0.912. The average Bonchev–Trinajstić information content (AvgIpc) is 2.22. The highest BCUT2D eigenvalue weighted by molar-refractivity contribution is 4.95. The van der Waals surface area contributed by atoms with Gasteiger partial charge in [-0.1, -0.05) is 0 Å². The van der Waals surface area contributed by atoms with Crippen LogP contribution in [0.1, 0.15) is 19.3 Å². The summed E-state index contributed by atoms with van der Waals surface area (Å²) in [7, 11) is 0. The molecule has 1 heteroatoms. The molecule has 0 aromatic rings. The first-order valence-corrected chi connectivity index (χ1v) is 2.92. The van der Waals surface area contributed by atoms with Gasteiger partial charge in [0.25, 0.3) is 0 Å². The Balaban J connectivity index is 2.12. The van der Waals surface area contributed by atoms with Crippen LogP contribution in [0.15, 0.2) is 0 Å². The van der Waals surface area contributed by atoms with Gasteiger partial charge in [-0.25, -0.2) is 0 Å². The second-order valence-corrected chi connectivity index (χ2v) is 2.46. The number of hydrogen-bond acceptors (Lipinski definition) is 1. The van der Waals surface area contributed by atoms with E-state index >= 15 is 0 Å². The molecular weight excluding hydrogens is 88.1 g/mol. The lowest BCUT2D eigenvalue weighted by Crippen LogP contribution is -2.00. The fourth-order valence-corrected chi connectivity index (χ4v) is 1.40. The second-order valence-electron chi connectivity index (χ2n) is 2.46. The number of ether oxygens (including phenoxy) is 1. The SMILES string of the molecule is C1CC2CO[C]1C2. The van der Waals surface area contributed by atoms with E-state index in [0.717, 1.165) is 12.5 Å². The maximum Gasteiger partial charge on any atom is 0.0974 e. The molecule has 2 aliphatic rings. The van der Waals surface area contributed by atoms with Crippen molar-refractivity contribution in [2.45, 2.75) is 19.3 Å². The first-order chi connectivity index (χ1) is 3.45. The van der Waals surface area contributed by atoms with Crippen LogP contribution < -0.4 is 0 Å². The van der Waals surface area contributed by atoms with Gasteiger partial charge < -0.3 is 4.74 Å². The normalized spacial score (nSPS) is 40.3. The molecule has 1 saturated carbocycles. The molecule has 0 aromatic carbocycles. The van der Waals surface area contributed by atoms with E-state index in [4.69, 9.17) is 4.74 Å². The van der Waals surface area contributed by atoms with Gasteiger partial charge in [-0.2, -0.15) is 0 Å². The van der Waals surface area contributed by atoms with E-state index in [0.29, 0.717) is 0 Å². The maximum atomic E-state index is 5.27. The summed E-state index contributed by atoms with van der Waals surface area (Å²) in [5, 5.41) is 0. The van der Waals surface area contributed by atoms with Crippen LogP contribution >= 0.6 is 0 Å². The highest BCUT2D eigenvalue weighted by Gasteiger charge is 2.32.